The SMILES string of the molecule is CC(=O)[C@@]1(C)[C@H](C)CC2C3CCC4=CC(O)CC[C@]4(C)C3CC[C@@]21C. The summed E-state index contributed by atoms with van der Waals surface area (Å²) in [5, 5.41) is 10.1. The van der Waals surface area contributed by atoms with Crippen LogP contribution in [0.4, 0.5) is 0 Å². The Bertz CT molecular complexity index is 622. The maximum atomic E-state index is 12.7. The summed E-state index contributed by atoms with van der Waals surface area (Å²) in [6.07, 6.45) is 10.1. The van der Waals surface area contributed by atoms with Gasteiger partial charge in [0.15, 0.2) is 0 Å². The predicted molar refractivity (Wildman–Crippen MR) is 101 cm³/mol. The molecular weight excluding hydrogens is 308 g/mol. The molecule has 0 aliphatic heterocycles. The molecular formula is C23H36O2. The van der Waals surface area contributed by atoms with E-state index in [1.54, 1.807) is 0 Å². The zero-order valence-corrected chi connectivity index (χ0v) is 16.8. The van der Waals surface area contributed by atoms with E-state index < -0.39 is 0 Å². The lowest BCUT2D eigenvalue weighted by atomic mass is 9.45. The average molecular weight is 345 g/mol. The van der Waals surface area contributed by atoms with E-state index in [4.69, 9.17) is 0 Å². The number of hydrogen-bond donors (Lipinski definition) is 1. The number of carbonyl (C=O) groups excluding carboxylic acids is 1. The molecule has 4 rings (SSSR count). The lowest BCUT2D eigenvalue weighted by Crippen LogP contribution is -2.54. The molecule has 4 aliphatic carbocycles. The van der Waals surface area contributed by atoms with Crippen LogP contribution in [0.25, 0.3) is 0 Å². The molecule has 2 heteroatoms. The number of aliphatic hydroxyl groups excluding tert-OH is 1. The number of fused-ring (bicyclic) bond motifs is 5. The fourth-order valence-electron chi connectivity index (χ4n) is 8.04. The number of ketones is 1. The highest BCUT2D eigenvalue weighted by atomic mass is 16.3. The quantitative estimate of drug-likeness (QED) is 0.668. The van der Waals surface area contributed by atoms with Gasteiger partial charge in [-0.3, -0.25) is 4.79 Å². The minimum absolute atomic E-state index is 0.150. The van der Waals surface area contributed by atoms with E-state index in [1.165, 1.54) is 31.3 Å². The van der Waals surface area contributed by atoms with E-state index in [2.05, 4.69) is 33.8 Å². The fourth-order valence-corrected chi connectivity index (χ4v) is 8.04. The molecule has 0 radical (unpaired) electrons. The molecule has 0 aromatic heterocycles. The van der Waals surface area contributed by atoms with E-state index in [-0.39, 0.29) is 16.9 Å². The summed E-state index contributed by atoms with van der Waals surface area (Å²) in [4.78, 5) is 12.7. The van der Waals surface area contributed by atoms with E-state index in [0.29, 0.717) is 23.0 Å². The van der Waals surface area contributed by atoms with Crippen molar-refractivity contribution >= 4 is 5.78 Å². The van der Waals surface area contributed by atoms with Crippen molar-refractivity contribution in [3.05, 3.63) is 11.6 Å². The average Bonchev–Trinajstić information content (AvgIpc) is 2.77. The van der Waals surface area contributed by atoms with Crippen molar-refractivity contribution in [3.63, 3.8) is 0 Å². The Morgan fingerprint density at radius 3 is 2.52 bits per heavy atom. The molecule has 3 saturated carbocycles. The zero-order valence-electron chi connectivity index (χ0n) is 16.8. The number of carbonyl (C=O) groups is 1. The molecule has 0 spiro atoms. The van der Waals surface area contributed by atoms with Gasteiger partial charge >= 0.3 is 0 Å². The number of rotatable bonds is 1. The molecule has 140 valence electrons. The minimum Gasteiger partial charge on any atom is -0.389 e. The molecule has 0 amide bonds. The summed E-state index contributed by atoms with van der Waals surface area (Å²) >= 11 is 0. The van der Waals surface area contributed by atoms with Gasteiger partial charge in [0.2, 0.25) is 0 Å². The van der Waals surface area contributed by atoms with E-state index in [9.17, 15) is 9.90 Å². The maximum absolute atomic E-state index is 12.7. The van der Waals surface area contributed by atoms with Gasteiger partial charge in [0.1, 0.15) is 5.78 Å². The molecule has 8 atom stereocenters. The van der Waals surface area contributed by atoms with E-state index in [1.807, 2.05) is 6.92 Å². The molecule has 0 bridgehead atoms. The Kier molecular flexibility index (Phi) is 3.87. The first kappa shape index (κ1) is 17.8. The molecule has 4 unspecified atom stereocenters. The first-order valence-corrected chi connectivity index (χ1v) is 10.5. The Labute approximate surface area is 153 Å². The van der Waals surface area contributed by atoms with Gasteiger partial charge in [0.05, 0.1) is 6.10 Å². The maximum Gasteiger partial charge on any atom is 0.136 e. The normalized spacial score (nSPS) is 55.0. The van der Waals surface area contributed by atoms with Crippen molar-refractivity contribution in [1.82, 2.24) is 0 Å². The molecule has 0 saturated heterocycles. The van der Waals surface area contributed by atoms with Crippen LogP contribution in [0.3, 0.4) is 0 Å². The van der Waals surface area contributed by atoms with Gasteiger partial charge in [-0.15, -0.1) is 0 Å². The second-order valence-electron chi connectivity index (χ2n) is 10.5. The molecule has 0 heterocycles. The van der Waals surface area contributed by atoms with Crippen LogP contribution in [0, 0.1) is 39.9 Å². The van der Waals surface area contributed by atoms with Gasteiger partial charge in [-0.05, 0) is 86.4 Å². The summed E-state index contributed by atoms with van der Waals surface area (Å²) in [5.74, 6) is 3.11. The van der Waals surface area contributed by atoms with Gasteiger partial charge in [-0.1, -0.05) is 39.3 Å². The smallest absolute Gasteiger partial charge is 0.136 e. The summed E-state index contributed by atoms with van der Waals surface area (Å²) in [5.41, 5.74) is 1.85. The topological polar surface area (TPSA) is 37.3 Å². The van der Waals surface area contributed by atoms with E-state index >= 15 is 0 Å². The van der Waals surface area contributed by atoms with Crippen LogP contribution in [0.2, 0.25) is 0 Å². The summed E-state index contributed by atoms with van der Waals surface area (Å²) in [7, 11) is 0. The highest BCUT2D eigenvalue weighted by Gasteiger charge is 2.66. The number of Topliss-reactive ketones (excluding diaryl/α,β-unsaturated/α-hetero) is 1. The summed E-state index contributed by atoms with van der Waals surface area (Å²) < 4.78 is 0. The van der Waals surface area contributed by atoms with Crippen molar-refractivity contribution in [3.8, 4) is 0 Å². The van der Waals surface area contributed by atoms with E-state index in [0.717, 1.165) is 31.1 Å². The van der Waals surface area contributed by atoms with Crippen LogP contribution >= 0.6 is 0 Å². The Balaban J connectivity index is 1.71. The highest BCUT2D eigenvalue weighted by molar-refractivity contribution is 5.83. The van der Waals surface area contributed by atoms with Crippen molar-refractivity contribution in [2.75, 3.05) is 0 Å². The van der Waals surface area contributed by atoms with Gasteiger partial charge in [-0.2, -0.15) is 0 Å². The highest BCUT2D eigenvalue weighted by Crippen LogP contribution is 2.71. The number of hydrogen-bond acceptors (Lipinski definition) is 2. The van der Waals surface area contributed by atoms with Crippen LogP contribution < -0.4 is 0 Å². The molecule has 4 aliphatic rings. The molecule has 25 heavy (non-hydrogen) atoms. The van der Waals surface area contributed by atoms with Gasteiger partial charge in [0, 0.05) is 5.41 Å². The van der Waals surface area contributed by atoms with Gasteiger partial charge in [-0.25, -0.2) is 0 Å². The van der Waals surface area contributed by atoms with Crippen LogP contribution in [0.5, 0.6) is 0 Å². The van der Waals surface area contributed by atoms with Gasteiger partial charge < -0.3 is 5.11 Å². The molecule has 0 aromatic rings. The number of allylic oxidation sites excluding steroid dienone is 1. The lowest BCUT2D eigenvalue weighted by Gasteiger charge is -2.59. The Hall–Kier alpha value is -0.630. The summed E-state index contributed by atoms with van der Waals surface area (Å²) in [6, 6.07) is 0. The van der Waals surface area contributed by atoms with Crippen LogP contribution in [-0.4, -0.2) is 17.0 Å². The van der Waals surface area contributed by atoms with Crippen molar-refractivity contribution in [1.29, 1.82) is 0 Å². The predicted octanol–water partition coefficient (Wildman–Crippen LogP) is 5.15. The van der Waals surface area contributed by atoms with Crippen molar-refractivity contribution in [2.45, 2.75) is 85.7 Å². The largest absolute Gasteiger partial charge is 0.389 e. The first-order chi connectivity index (χ1) is 11.6. The van der Waals surface area contributed by atoms with Crippen LogP contribution in [0.15, 0.2) is 11.6 Å². The Morgan fingerprint density at radius 2 is 1.84 bits per heavy atom. The Morgan fingerprint density at radius 1 is 1.12 bits per heavy atom. The molecule has 2 nitrogen and oxygen atoms in total. The molecule has 3 fully saturated rings. The van der Waals surface area contributed by atoms with Crippen LogP contribution in [0.1, 0.15) is 79.6 Å². The van der Waals surface area contributed by atoms with Gasteiger partial charge in [0.25, 0.3) is 0 Å². The minimum atomic E-state index is -0.221. The van der Waals surface area contributed by atoms with Crippen LogP contribution in [-0.2, 0) is 4.79 Å². The standard InChI is InChI=1S/C23H36O2/c1-14-12-20-18-7-6-16-13-17(25)8-10-21(16,3)19(18)9-11-22(20,4)23(14,5)15(2)24/h13-14,17-20,25H,6-12H2,1-5H3/t14-,17?,18?,19?,20?,21+,22+,23-/m1/s1. The first-order valence-electron chi connectivity index (χ1n) is 10.5. The van der Waals surface area contributed by atoms with Crippen molar-refractivity contribution in [2.24, 2.45) is 39.9 Å². The third-order valence-electron chi connectivity index (χ3n) is 9.99. The monoisotopic (exact) mass is 344 g/mol. The third kappa shape index (κ3) is 2.10. The molecule has 0 aromatic carbocycles. The zero-order chi connectivity index (χ0) is 18.2. The summed E-state index contributed by atoms with van der Waals surface area (Å²) in [6.45, 7) is 11.4. The second-order valence-corrected chi connectivity index (χ2v) is 10.5. The fraction of sp³-hybridized carbons (Fsp3) is 0.870. The van der Waals surface area contributed by atoms with Crippen molar-refractivity contribution < 1.29 is 9.90 Å². The second kappa shape index (κ2) is 5.44. The molecule has 1 N–H and O–H groups in total. The number of aliphatic hydroxyl groups is 1. The third-order valence-corrected chi connectivity index (χ3v) is 9.99. The lowest BCUT2D eigenvalue weighted by molar-refractivity contribution is -0.141.